The lowest BCUT2D eigenvalue weighted by molar-refractivity contribution is 0.196. The van der Waals surface area contributed by atoms with Gasteiger partial charge in [-0.1, -0.05) is 11.6 Å². The highest BCUT2D eigenvalue weighted by molar-refractivity contribution is 9.10. The van der Waals surface area contributed by atoms with E-state index in [9.17, 15) is 0 Å². The van der Waals surface area contributed by atoms with Gasteiger partial charge in [0.1, 0.15) is 11.9 Å². The number of ether oxygens (including phenoxy) is 1. The second kappa shape index (κ2) is 5.01. The number of benzene rings is 1. The minimum absolute atomic E-state index is 0.00239. The van der Waals surface area contributed by atoms with Crippen LogP contribution in [0.4, 0.5) is 0 Å². The van der Waals surface area contributed by atoms with Gasteiger partial charge in [-0.05, 0) is 48.0 Å². The van der Waals surface area contributed by atoms with Gasteiger partial charge < -0.3 is 10.5 Å². The molecule has 0 saturated carbocycles. The number of nitrogens with two attached hydrogens (primary N) is 1. The molecule has 0 fully saturated rings. The van der Waals surface area contributed by atoms with Crippen molar-refractivity contribution in [3.63, 3.8) is 0 Å². The van der Waals surface area contributed by atoms with Gasteiger partial charge in [0, 0.05) is 10.5 Å². The van der Waals surface area contributed by atoms with Crippen LogP contribution in [0.5, 0.6) is 5.75 Å². The average Bonchev–Trinajstić information content (AvgIpc) is 2.11. The van der Waals surface area contributed by atoms with Crippen molar-refractivity contribution < 1.29 is 4.74 Å². The predicted octanol–water partition coefficient (Wildman–Crippen LogP) is 3.22. The van der Waals surface area contributed by atoms with Crippen molar-refractivity contribution in [3.8, 4) is 5.75 Å². The fraction of sp³-hybridized carbons (Fsp3) is 0.400. The number of hydrogen-bond donors (Lipinski definition) is 1. The van der Waals surface area contributed by atoms with E-state index in [2.05, 4.69) is 15.9 Å². The van der Waals surface area contributed by atoms with Crippen LogP contribution in [0.25, 0.3) is 0 Å². The zero-order valence-electron chi connectivity index (χ0n) is 8.13. The fourth-order valence-electron chi connectivity index (χ4n) is 0.872. The van der Waals surface area contributed by atoms with Crippen LogP contribution in [-0.2, 0) is 0 Å². The summed E-state index contributed by atoms with van der Waals surface area (Å²) in [5.41, 5.74) is 5.68. The molecule has 0 aliphatic carbocycles. The Hall–Kier alpha value is -0.250. The standard InChI is InChI=1S/C10H13BrClNO/c1-6(13)7(2)14-8-3-4-9(11)10(12)5-8/h3-7H,13H2,1-2H3/t6-,7?/m1/s1. The minimum Gasteiger partial charge on any atom is -0.489 e. The quantitative estimate of drug-likeness (QED) is 0.921. The zero-order chi connectivity index (χ0) is 10.7. The third kappa shape index (κ3) is 3.15. The maximum absolute atomic E-state index is 5.92. The van der Waals surface area contributed by atoms with Crippen LogP contribution in [0.3, 0.4) is 0 Å². The van der Waals surface area contributed by atoms with Crippen molar-refractivity contribution in [2.24, 2.45) is 5.73 Å². The Morgan fingerprint density at radius 1 is 1.43 bits per heavy atom. The van der Waals surface area contributed by atoms with E-state index in [4.69, 9.17) is 22.1 Å². The SMILES string of the molecule is CC(Oc1ccc(Br)c(Cl)c1)[C@@H](C)N. The van der Waals surface area contributed by atoms with Crippen molar-refractivity contribution in [2.45, 2.75) is 26.0 Å². The molecule has 0 radical (unpaired) electrons. The largest absolute Gasteiger partial charge is 0.489 e. The molecule has 2 nitrogen and oxygen atoms in total. The predicted molar refractivity (Wildman–Crippen MR) is 62.9 cm³/mol. The molecule has 0 bridgehead atoms. The first-order chi connectivity index (χ1) is 6.50. The van der Waals surface area contributed by atoms with E-state index in [0.717, 1.165) is 10.2 Å². The van der Waals surface area contributed by atoms with Gasteiger partial charge in [0.2, 0.25) is 0 Å². The normalized spacial score (nSPS) is 14.9. The molecule has 0 aliphatic rings. The highest BCUT2D eigenvalue weighted by Crippen LogP contribution is 2.27. The molecule has 2 atom stereocenters. The lowest BCUT2D eigenvalue weighted by atomic mass is 10.2. The summed E-state index contributed by atoms with van der Waals surface area (Å²) in [7, 11) is 0. The van der Waals surface area contributed by atoms with Gasteiger partial charge in [0.05, 0.1) is 5.02 Å². The second-order valence-corrected chi connectivity index (χ2v) is 4.52. The third-order valence-electron chi connectivity index (χ3n) is 1.95. The molecule has 1 rings (SSSR count). The van der Waals surface area contributed by atoms with E-state index < -0.39 is 0 Å². The summed E-state index contributed by atoms with van der Waals surface area (Å²) in [6.45, 7) is 3.84. The Labute approximate surface area is 97.5 Å². The van der Waals surface area contributed by atoms with Crippen molar-refractivity contribution in [2.75, 3.05) is 0 Å². The maximum atomic E-state index is 5.92. The molecular weight excluding hydrogens is 265 g/mol. The number of halogens is 2. The van der Waals surface area contributed by atoms with Crippen LogP contribution in [0.1, 0.15) is 13.8 Å². The van der Waals surface area contributed by atoms with E-state index in [1.807, 2.05) is 26.0 Å². The van der Waals surface area contributed by atoms with Crippen molar-refractivity contribution in [1.82, 2.24) is 0 Å². The van der Waals surface area contributed by atoms with Crippen LogP contribution in [0, 0.1) is 0 Å². The van der Waals surface area contributed by atoms with Crippen LogP contribution in [0.2, 0.25) is 5.02 Å². The van der Waals surface area contributed by atoms with Crippen molar-refractivity contribution in [3.05, 3.63) is 27.7 Å². The first kappa shape index (κ1) is 11.8. The maximum Gasteiger partial charge on any atom is 0.121 e. The molecule has 0 saturated heterocycles. The smallest absolute Gasteiger partial charge is 0.121 e. The molecule has 0 aromatic heterocycles. The number of rotatable bonds is 3. The Bertz CT molecular complexity index is 317. The first-order valence-electron chi connectivity index (χ1n) is 4.38. The Balaban J connectivity index is 2.73. The average molecular weight is 279 g/mol. The Kier molecular flexibility index (Phi) is 4.23. The van der Waals surface area contributed by atoms with Gasteiger partial charge in [-0.3, -0.25) is 0 Å². The van der Waals surface area contributed by atoms with Crippen molar-refractivity contribution >= 4 is 27.5 Å². The van der Waals surface area contributed by atoms with Crippen LogP contribution < -0.4 is 10.5 Å². The Morgan fingerprint density at radius 2 is 2.07 bits per heavy atom. The molecule has 4 heteroatoms. The molecule has 0 spiro atoms. The molecular formula is C10H13BrClNO. The monoisotopic (exact) mass is 277 g/mol. The first-order valence-corrected chi connectivity index (χ1v) is 5.55. The van der Waals surface area contributed by atoms with E-state index >= 15 is 0 Å². The van der Waals surface area contributed by atoms with Crippen molar-refractivity contribution in [1.29, 1.82) is 0 Å². The molecule has 1 aromatic rings. The molecule has 0 heterocycles. The van der Waals surface area contributed by atoms with Gasteiger partial charge in [0.25, 0.3) is 0 Å². The fourth-order valence-corrected chi connectivity index (χ4v) is 1.29. The minimum atomic E-state index is -0.0211. The Morgan fingerprint density at radius 3 is 2.57 bits per heavy atom. The second-order valence-electron chi connectivity index (χ2n) is 3.26. The topological polar surface area (TPSA) is 35.2 Å². The lowest BCUT2D eigenvalue weighted by Gasteiger charge is -2.18. The van der Waals surface area contributed by atoms with E-state index in [1.54, 1.807) is 6.07 Å². The van der Waals surface area contributed by atoms with E-state index in [1.165, 1.54) is 0 Å². The lowest BCUT2D eigenvalue weighted by Crippen LogP contribution is -2.33. The van der Waals surface area contributed by atoms with Crippen LogP contribution in [-0.4, -0.2) is 12.1 Å². The van der Waals surface area contributed by atoms with Gasteiger partial charge in [0.15, 0.2) is 0 Å². The zero-order valence-corrected chi connectivity index (χ0v) is 10.5. The summed E-state index contributed by atoms with van der Waals surface area (Å²) >= 11 is 9.23. The molecule has 0 amide bonds. The summed E-state index contributed by atoms with van der Waals surface area (Å²) in [5, 5.41) is 0.638. The van der Waals surface area contributed by atoms with E-state index in [0.29, 0.717) is 5.02 Å². The highest BCUT2D eigenvalue weighted by atomic mass is 79.9. The molecule has 0 aliphatic heterocycles. The van der Waals surface area contributed by atoms with Gasteiger partial charge in [-0.2, -0.15) is 0 Å². The van der Waals surface area contributed by atoms with Gasteiger partial charge in [-0.15, -0.1) is 0 Å². The molecule has 78 valence electrons. The summed E-state index contributed by atoms with van der Waals surface area (Å²) in [4.78, 5) is 0. The summed E-state index contributed by atoms with van der Waals surface area (Å²) in [5.74, 6) is 0.739. The van der Waals surface area contributed by atoms with E-state index in [-0.39, 0.29) is 12.1 Å². The number of hydrogen-bond acceptors (Lipinski definition) is 2. The highest BCUT2D eigenvalue weighted by Gasteiger charge is 2.09. The molecule has 2 N–H and O–H groups in total. The summed E-state index contributed by atoms with van der Waals surface area (Å²) in [6.07, 6.45) is -0.0211. The summed E-state index contributed by atoms with van der Waals surface area (Å²) in [6, 6.07) is 5.47. The molecule has 1 aromatic carbocycles. The van der Waals surface area contributed by atoms with Crippen LogP contribution >= 0.6 is 27.5 Å². The summed E-state index contributed by atoms with van der Waals surface area (Å²) < 4.78 is 6.44. The van der Waals surface area contributed by atoms with Crippen LogP contribution in [0.15, 0.2) is 22.7 Å². The van der Waals surface area contributed by atoms with Gasteiger partial charge in [-0.25, -0.2) is 0 Å². The van der Waals surface area contributed by atoms with Gasteiger partial charge >= 0.3 is 0 Å². The molecule has 1 unspecified atom stereocenters. The molecule has 14 heavy (non-hydrogen) atoms. The third-order valence-corrected chi connectivity index (χ3v) is 3.19.